The van der Waals surface area contributed by atoms with E-state index in [4.69, 9.17) is 21.1 Å². The number of para-hydroxylation sites is 1. The van der Waals surface area contributed by atoms with Gasteiger partial charge in [0.05, 0.1) is 18.1 Å². The van der Waals surface area contributed by atoms with Crippen LogP contribution in [0.1, 0.15) is 6.92 Å². The van der Waals surface area contributed by atoms with Gasteiger partial charge in [0.25, 0.3) is 0 Å². The number of alkyl halides is 2. The third-order valence-electron chi connectivity index (χ3n) is 2.11. The maximum absolute atomic E-state index is 5.81. The van der Waals surface area contributed by atoms with E-state index >= 15 is 0 Å². The summed E-state index contributed by atoms with van der Waals surface area (Å²) in [4.78, 5) is 0. The van der Waals surface area contributed by atoms with Crippen molar-refractivity contribution in [3.05, 3.63) is 30.3 Å². The molecule has 1 aromatic rings. The number of halogens is 2. The summed E-state index contributed by atoms with van der Waals surface area (Å²) in [6.07, 6.45) is 0. The first-order valence-corrected chi connectivity index (χ1v) is 6.79. The van der Waals surface area contributed by atoms with Crippen molar-refractivity contribution >= 4 is 27.5 Å². The molecular formula is C12H16BrClO2. The minimum Gasteiger partial charge on any atom is -0.491 e. The summed E-state index contributed by atoms with van der Waals surface area (Å²) in [7, 11) is 0. The molecular weight excluding hydrogens is 291 g/mol. The maximum atomic E-state index is 5.81. The lowest BCUT2D eigenvalue weighted by Gasteiger charge is -2.25. The Morgan fingerprint density at radius 1 is 1.25 bits per heavy atom. The molecule has 0 aromatic heterocycles. The normalized spacial score (nSPS) is 14.4. The van der Waals surface area contributed by atoms with Gasteiger partial charge in [-0.25, -0.2) is 0 Å². The highest BCUT2D eigenvalue weighted by Crippen LogP contribution is 2.15. The lowest BCUT2D eigenvalue weighted by Crippen LogP contribution is -2.34. The molecule has 1 rings (SSSR count). The molecule has 0 saturated carbocycles. The van der Waals surface area contributed by atoms with Crippen molar-refractivity contribution in [2.24, 2.45) is 0 Å². The molecule has 0 N–H and O–H groups in total. The van der Waals surface area contributed by atoms with Gasteiger partial charge in [-0.05, 0) is 19.1 Å². The fourth-order valence-electron chi connectivity index (χ4n) is 1.08. The summed E-state index contributed by atoms with van der Waals surface area (Å²) >= 11 is 9.19. The molecule has 90 valence electrons. The van der Waals surface area contributed by atoms with Gasteiger partial charge in [-0.1, -0.05) is 34.1 Å². The van der Waals surface area contributed by atoms with Crippen LogP contribution in [0.4, 0.5) is 0 Å². The van der Waals surface area contributed by atoms with Crippen molar-refractivity contribution in [1.82, 2.24) is 0 Å². The van der Waals surface area contributed by atoms with Crippen molar-refractivity contribution in [2.45, 2.75) is 12.5 Å². The van der Waals surface area contributed by atoms with Gasteiger partial charge in [-0.2, -0.15) is 0 Å². The van der Waals surface area contributed by atoms with Gasteiger partial charge in [0.2, 0.25) is 0 Å². The Morgan fingerprint density at radius 3 is 2.50 bits per heavy atom. The molecule has 2 nitrogen and oxygen atoms in total. The number of hydrogen-bond donors (Lipinski definition) is 0. The second kappa shape index (κ2) is 7.15. The fourth-order valence-corrected chi connectivity index (χ4v) is 1.84. The first-order valence-electron chi connectivity index (χ1n) is 5.14. The number of hydrogen-bond acceptors (Lipinski definition) is 2. The average molecular weight is 308 g/mol. The Hall–Kier alpha value is -0.250. The molecule has 1 atom stereocenters. The second-order valence-electron chi connectivity index (χ2n) is 3.73. The molecule has 0 heterocycles. The molecule has 0 aliphatic heterocycles. The zero-order chi connectivity index (χ0) is 11.9. The van der Waals surface area contributed by atoms with E-state index in [1.54, 1.807) is 0 Å². The highest BCUT2D eigenvalue weighted by molar-refractivity contribution is 9.09. The average Bonchev–Trinajstić information content (AvgIpc) is 2.36. The van der Waals surface area contributed by atoms with E-state index in [1.807, 2.05) is 37.3 Å². The summed E-state index contributed by atoms with van der Waals surface area (Å²) in [6.45, 7) is 3.03. The van der Waals surface area contributed by atoms with E-state index in [-0.39, 0.29) is 5.60 Å². The Morgan fingerprint density at radius 2 is 1.94 bits per heavy atom. The third kappa shape index (κ3) is 4.73. The van der Waals surface area contributed by atoms with Gasteiger partial charge in [-0.15, -0.1) is 11.6 Å². The molecule has 0 spiro atoms. The summed E-state index contributed by atoms with van der Waals surface area (Å²) in [6, 6.07) is 9.68. The van der Waals surface area contributed by atoms with Crippen LogP contribution in [0, 0.1) is 0 Å². The van der Waals surface area contributed by atoms with Gasteiger partial charge in [0, 0.05) is 5.33 Å². The minimum absolute atomic E-state index is 0.318. The number of rotatable bonds is 7. The summed E-state index contributed by atoms with van der Waals surface area (Å²) in [5, 5.41) is 0.717. The predicted octanol–water partition coefficient (Wildman–Crippen LogP) is 3.47. The van der Waals surface area contributed by atoms with E-state index in [0.29, 0.717) is 19.1 Å². The monoisotopic (exact) mass is 306 g/mol. The SMILES string of the molecule is CC(CCl)(CBr)OCCOc1ccccc1. The lowest BCUT2D eigenvalue weighted by atomic mass is 10.2. The second-order valence-corrected chi connectivity index (χ2v) is 4.56. The van der Waals surface area contributed by atoms with Gasteiger partial charge < -0.3 is 9.47 Å². The Kier molecular flexibility index (Phi) is 6.17. The topological polar surface area (TPSA) is 18.5 Å². The van der Waals surface area contributed by atoms with Crippen LogP contribution >= 0.6 is 27.5 Å². The van der Waals surface area contributed by atoms with Crippen molar-refractivity contribution in [2.75, 3.05) is 24.4 Å². The molecule has 0 aliphatic carbocycles. The fraction of sp³-hybridized carbons (Fsp3) is 0.500. The standard InChI is InChI=1S/C12H16BrClO2/c1-12(9-13,10-14)16-8-7-15-11-5-3-2-4-6-11/h2-6H,7-10H2,1H3. The maximum Gasteiger partial charge on any atom is 0.119 e. The molecule has 1 aromatic carbocycles. The summed E-state index contributed by atoms with van der Waals surface area (Å²) < 4.78 is 11.2. The van der Waals surface area contributed by atoms with Crippen LogP contribution in [0.3, 0.4) is 0 Å². The number of ether oxygens (including phenoxy) is 2. The predicted molar refractivity (Wildman–Crippen MR) is 70.8 cm³/mol. The van der Waals surface area contributed by atoms with E-state index in [1.165, 1.54) is 0 Å². The van der Waals surface area contributed by atoms with E-state index in [2.05, 4.69) is 15.9 Å². The smallest absolute Gasteiger partial charge is 0.119 e. The minimum atomic E-state index is -0.318. The molecule has 0 bridgehead atoms. The zero-order valence-corrected chi connectivity index (χ0v) is 11.6. The molecule has 0 radical (unpaired) electrons. The first-order chi connectivity index (χ1) is 7.70. The Balaban J connectivity index is 2.22. The van der Waals surface area contributed by atoms with Crippen molar-refractivity contribution in [3.8, 4) is 5.75 Å². The van der Waals surface area contributed by atoms with E-state index in [0.717, 1.165) is 11.1 Å². The quantitative estimate of drug-likeness (QED) is 0.567. The molecule has 16 heavy (non-hydrogen) atoms. The van der Waals surface area contributed by atoms with Gasteiger partial charge in [0.15, 0.2) is 0 Å². The van der Waals surface area contributed by atoms with Crippen molar-refractivity contribution in [1.29, 1.82) is 0 Å². The zero-order valence-electron chi connectivity index (χ0n) is 9.29. The van der Waals surface area contributed by atoms with Crippen LogP contribution < -0.4 is 4.74 Å². The van der Waals surface area contributed by atoms with Gasteiger partial charge in [0.1, 0.15) is 12.4 Å². The number of benzene rings is 1. The molecule has 0 aliphatic rings. The molecule has 4 heteroatoms. The molecule has 0 amide bonds. The summed E-state index contributed by atoms with van der Waals surface area (Å²) in [5.41, 5.74) is -0.318. The molecule has 0 fully saturated rings. The van der Waals surface area contributed by atoms with Crippen LogP contribution in [0.5, 0.6) is 5.75 Å². The van der Waals surface area contributed by atoms with Crippen LogP contribution in [0.25, 0.3) is 0 Å². The van der Waals surface area contributed by atoms with E-state index in [9.17, 15) is 0 Å². The van der Waals surface area contributed by atoms with Crippen LogP contribution in [-0.4, -0.2) is 30.0 Å². The highest BCUT2D eigenvalue weighted by Gasteiger charge is 2.21. The first kappa shape index (κ1) is 13.8. The largest absolute Gasteiger partial charge is 0.491 e. The molecule has 0 saturated heterocycles. The van der Waals surface area contributed by atoms with Gasteiger partial charge in [-0.3, -0.25) is 0 Å². The Bertz CT molecular complexity index is 288. The van der Waals surface area contributed by atoms with Gasteiger partial charge >= 0.3 is 0 Å². The summed E-state index contributed by atoms with van der Waals surface area (Å²) in [5.74, 6) is 1.32. The third-order valence-corrected chi connectivity index (χ3v) is 3.86. The van der Waals surface area contributed by atoms with E-state index < -0.39 is 0 Å². The highest BCUT2D eigenvalue weighted by atomic mass is 79.9. The Labute approximate surface area is 110 Å². The lowest BCUT2D eigenvalue weighted by molar-refractivity contribution is -0.00960. The van der Waals surface area contributed by atoms with Crippen molar-refractivity contribution < 1.29 is 9.47 Å². The van der Waals surface area contributed by atoms with Crippen molar-refractivity contribution in [3.63, 3.8) is 0 Å². The molecule has 1 unspecified atom stereocenters. The van der Waals surface area contributed by atoms with Crippen LogP contribution in [0.2, 0.25) is 0 Å². The van der Waals surface area contributed by atoms with Crippen LogP contribution in [-0.2, 0) is 4.74 Å². The van der Waals surface area contributed by atoms with Crippen LogP contribution in [0.15, 0.2) is 30.3 Å².